The van der Waals surface area contributed by atoms with Gasteiger partial charge in [0.15, 0.2) is 0 Å². The summed E-state index contributed by atoms with van der Waals surface area (Å²) in [5.74, 6) is -0.435. The van der Waals surface area contributed by atoms with Gasteiger partial charge in [0.2, 0.25) is 11.8 Å². The number of alkyl carbamates (subject to hydrolysis) is 1. The quantitative estimate of drug-likeness (QED) is 0.604. The molecule has 0 saturated carbocycles. The van der Waals surface area contributed by atoms with Crippen molar-refractivity contribution in [2.45, 2.75) is 60.1 Å². The number of hydrogen-bond donors (Lipinski definition) is 3. The number of anilines is 1. The fourth-order valence-electron chi connectivity index (χ4n) is 2.17. The Hall–Kier alpha value is -2.83. The molecule has 7 heteroatoms. The molecule has 1 aromatic rings. The highest BCUT2D eigenvalue weighted by atomic mass is 16.6. The standard InChI is InChI=1S/C22H33N3O4/c1-21(2,3)13-11-19(27)25-17-10-8-7-9-16(17)15-24-18(26)12-14-23-20(28)29-22(4,5)6/h7-11,13H,12,14-15H2,1-6H3,(H,23,28)(H,24,26)(H,25,27)/b13-11+. The molecule has 0 unspecified atom stereocenters. The molecule has 7 nitrogen and oxygen atoms in total. The summed E-state index contributed by atoms with van der Waals surface area (Å²) >= 11 is 0. The predicted molar refractivity (Wildman–Crippen MR) is 114 cm³/mol. The van der Waals surface area contributed by atoms with E-state index < -0.39 is 11.7 Å². The second-order valence-corrected chi connectivity index (χ2v) is 8.80. The zero-order chi connectivity index (χ0) is 22.1. The van der Waals surface area contributed by atoms with Gasteiger partial charge in [0.1, 0.15) is 5.60 Å². The van der Waals surface area contributed by atoms with Crippen LogP contribution in [-0.4, -0.2) is 30.1 Å². The largest absolute Gasteiger partial charge is 0.444 e. The van der Waals surface area contributed by atoms with Crippen molar-refractivity contribution < 1.29 is 19.1 Å². The minimum Gasteiger partial charge on any atom is -0.444 e. The van der Waals surface area contributed by atoms with Gasteiger partial charge in [0, 0.05) is 25.2 Å². The minimum atomic E-state index is -0.581. The van der Waals surface area contributed by atoms with Gasteiger partial charge in [0.25, 0.3) is 0 Å². The number of benzene rings is 1. The first-order valence-corrected chi connectivity index (χ1v) is 9.67. The Bertz CT molecular complexity index is 743. The van der Waals surface area contributed by atoms with Gasteiger partial charge >= 0.3 is 6.09 Å². The summed E-state index contributed by atoms with van der Waals surface area (Å²) in [6, 6.07) is 7.28. The van der Waals surface area contributed by atoms with E-state index in [4.69, 9.17) is 4.74 Å². The molecular weight excluding hydrogens is 370 g/mol. The van der Waals surface area contributed by atoms with Crippen LogP contribution >= 0.6 is 0 Å². The monoisotopic (exact) mass is 403 g/mol. The number of amides is 3. The highest BCUT2D eigenvalue weighted by Crippen LogP contribution is 2.17. The lowest BCUT2D eigenvalue weighted by atomic mass is 9.96. The Morgan fingerprint density at radius 2 is 1.66 bits per heavy atom. The summed E-state index contributed by atoms with van der Waals surface area (Å²) in [7, 11) is 0. The average Bonchev–Trinajstić information content (AvgIpc) is 2.57. The van der Waals surface area contributed by atoms with Crippen LogP contribution in [0, 0.1) is 5.41 Å². The topological polar surface area (TPSA) is 96.5 Å². The molecule has 0 saturated heterocycles. The zero-order valence-electron chi connectivity index (χ0n) is 18.2. The van der Waals surface area contributed by atoms with Gasteiger partial charge in [-0.3, -0.25) is 9.59 Å². The van der Waals surface area contributed by atoms with Crippen LogP contribution in [0.15, 0.2) is 36.4 Å². The van der Waals surface area contributed by atoms with Crippen molar-refractivity contribution in [3.63, 3.8) is 0 Å². The zero-order valence-corrected chi connectivity index (χ0v) is 18.2. The first-order valence-electron chi connectivity index (χ1n) is 9.67. The maximum absolute atomic E-state index is 12.1. The second-order valence-electron chi connectivity index (χ2n) is 8.80. The van der Waals surface area contributed by atoms with Crippen LogP contribution in [0.5, 0.6) is 0 Å². The van der Waals surface area contributed by atoms with Crippen LogP contribution in [0.25, 0.3) is 0 Å². The van der Waals surface area contributed by atoms with Crippen LogP contribution in [0.1, 0.15) is 53.5 Å². The van der Waals surface area contributed by atoms with E-state index in [1.807, 2.05) is 45.0 Å². The van der Waals surface area contributed by atoms with Crippen molar-refractivity contribution in [2.24, 2.45) is 5.41 Å². The van der Waals surface area contributed by atoms with Gasteiger partial charge in [0.05, 0.1) is 0 Å². The molecule has 0 atom stereocenters. The third-order valence-corrected chi connectivity index (χ3v) is 3.51. The molecule has 0 spiro atoms. The Labute approximate surface area is 173 Å². The van der Waals surface area contributed by atoms with E-state index in [2.05, 4.69) is 16.0 Å². The highest BCUT2D eigenvalue weighted by Gasteiger charge is 2.16. The minimum absolute atomic E-state index is 0.0851. The lowest BCUT2D eigenvalue weighted by molar-refractivity contribution is -0.121. The van der Waals surface area contributed by atoms with E-state index >= 15 is 0 Å². The molecule has 0 aliphatic heterocycles. The predicted octanol–water partition coefficient (Wildman–Crippen LogP) is 3.76. The summed E-state index contributed by atoms with van der Waals surface area (Å²) in [6.07, 6.45) is 2.92. The van der Waals surface area contributed by atoms with Crippen LogP contribution < -0.4 is 16.0 Å². The van der Waals surface area contributed by atoms with Crippen molar-refractivity contribution in [2.75, 3.05) is 11.9 Å². The SMILES string of the molecule is CC(C)(C)/C=C/C(=O)Nc1ccccc1CNC(=O)CCNC(=O)OC(C)(C)C. The summed E-state index contributed by atoms with van der Waals surface area (Å²) in [4.78, 5) is 35.7. The highest BCUT2D eigenvalue weighted by molar-refractivity contribution is 5.99. The normalized spacial score (nSPS) is 11.8. The number of carbonyl (C=O) groups excluding carboxylic acids is 3. The van der Waals surface area contributed by atoms with Crippen LogP contribution in [0.2, 0.25) is 0 Å². The molecule has 0 bridgehead atoms. The van der Waals surface area contributed by atoms with Gasteiger partial charge in [-0.15, -0.1) is 0 Å². The average molecular weight is 404 g/mol. The van der Waals surface area contributed by atoms with E-state index in [1.54, 1.807) is 26.8 Å². The van der Waals surface area contributed by atoms with Crippen LogP contribution in [-0.2, 0) is 20.9 Å². The number of hydrogen-bond acceptors (Lipinski definition) is 4. The number of nitrogens with one attached hydrogen (secondary N) is 3. The number of carbonyl (C=O) groups is 3. The number of para-hydroxylation sites is 1. The Morgan fingerprint density at radius 3 is 2.28 bits per heavy atom. The molecule has 1 rings (SSSR count). The maximum Gasteiger partial charge on any atom is 0.407 e. The number of allylic oxidation sites excluding steroid dienone is 1. The maximum atomic E-state index is 12.1. The fourth-order valence-corrected chi connectivity index (χ4v) is 2.17. The molecule has 0 aliphatic rings. The summed E-state index contributed by atoms with van der Waals surface area (Å²) in [5.41, 5.74) is 0.766. The van der Waals surface area contributed by atoms with Gasteiger partial charge in [-0.05, 0) is 43.9 Å². The van der Waals surface area contributed by atoms with E-state index in [0.717, 1.165) is 5.56 Å². The Kier molecular flexibility index (Phi) is 8.88. The molecule has 160 valence electrons. The van der Waals surface area contributed by atoms with Crippen molar-refractivity contribution >= 4 is 23.6 Å². The summed E-state index contributed by atoms with van der Waals surface area (Å²) in [6.45, 7) is 11.8. The van der Waals surface area contributed by atoms with Crippen molar-refractivity contribution in [1.82, 2.24) is 10.6 Å². The summed E-state index contributed by atoms with van der Waals surface area (Å²) in [5, 5.41) is 8.17. The van der Waals surface area contributed by atoms with Gasteiger partial charge in [-0.2, -0.15) is 0 Å². The first kappa shape index (κ1) is 24.2. The molecule has 0 heterocycles. The molecule has 29 heavy (non-hydrogen) atoms. The number of rotatable bonds is 7. The van der Waals surface area contributed by atoms with Crippen molar-refractivity contribution in [1.29, 1.82) is 0 Å². The van der Waals surface area contributed by atoms with E-state index in [-0.39, 0.29) is 36.7 Å². The van der Waals surface area contributed by atoms with Gasteiger partial charge < -0.3 is 20.7 Å². The van der Waals surface area contributed by atoms with Gasteiger partial charge in [-0.1, -0.05) is 45.0 Å². The first-order chi connectivity index (χ1) is 13.4. The summed E-state index contributed by atoms with van der Waals surface area (Å²) < 4.78 is 5.11. The number of ether oxygens (including phenoxy) is 1. The Balaban J connectivity index is 2.50. The lowest BCUT2D eigenvalue weighted by Crippen LogP contribution is -2.35. The third kappa shape index (κ3) is 11.6. The molecule has 0 radical (unpaired) electrons. The second kappa shape index (κ2) is 10.6. The van der Waals surface area contributed by atoms with Crippen molar-refractivity contribution in [3.05, 3.63) is 42.0 Å². The molecule has 1 aromatic carbocycles. The smallest absolute Gasteiger partial charge is 0.407 e. The molecule has 3 N–H and O–H groups in total. The Morgan fingerprint density at radius 1 is 1.00 bits per heavy atom. The van der Waals surface area contributed by atoms with Crippen molar-refractivity contribution in [3.8, 4) is 0 Å². The van der Waals surface area contributed by atoms with Gasteiger partial charge in [-0.25, -0.2) is 4.79 Å². The van der Waals surface area contributed by atoms with E-state index in [9.17, 15) is 14.4 Å². The van der Waals surface area contributed by atoms with E-state index in [1.165, 1.54) is 6.08 Å². The third-order valence-electron chi connectivity index (χ3n) is 3.51. The molecule has 3 amide bonds. The fraction of sp³-hybridized carbons (Fsp3) is 0.500. The van der Waals surface area contributed by atoms with Crippen LogP contribution in [0.3, 0.4) is 0 Å². The molecule has 0 aliphatic carbocycles. The van der Waals surface area contributed by atoms with E-state index in [0.29, 0.717) is 5.69 Å². The molecule has 0 aromatic heterocycles. The molecule has 0 fully saturated rings. The van der Waals surface area contributed by atoms with Crippen LogP contribution in [0.4, 0.5) is 10.5 Å². The lowest BCUT2D eigenvalue weighted by Gasteiger charge is -2.19. The molecular formula is C22H33N3O4.